The van der Waals surface area contributed by atoms with Crippen LogP contribution >= 0.6 is 0 Å². The van der Waals surface area contributed by atoms with Crippen LogP contribution in [0.5, 0.6) is 0 Å². The molecule has 1 amide bonds. The lowest BCUT2D eigenvalue weighted by molar-refractivity contribution is 0.0607. The molecule has 0 radical (unpaired) electrons. The zero-order valence-corrected chi connectivity index (χ0v) is 13.3. The Hall–Kier alpha value is -1.40. The van der Waals surface area contributed by atoms with Crippen LogP contribution in [-0.2, 0) is 10.0 Å². The standard InChI is InChI=1S/C15H22N2O3S/c1-3-12-6-4-5-9-17(12)15(18)14-8-7-13(10-11(14)2)21(16,19)20/h7-8,10,12H,3-6,9H2,1-2H3,(H2,16,19,20). The number of piperidine rings is 1. The Labute approximate surface area is 126 Å². The first-order valence-corrected chi connectivity index (χ1v) is 8.83. The van der Waals surface area contributed by atoms with Crippen LogP contribution in [0.25, 0.3) is 0 Å². The topological polar surface area (TPSA) is 80.5 Å². The summed E-state index contributed by atoms with van der Waals surface area (Å²) in [5, 5.41) is 5.12. The maximum atomic E-state index is 12.7. The summed E-state index contributed by atoms with van der Waals surface area (Å²) in [5.41, 5.74) is 1.20. The molecular weight excluding hydrogens is 288 g/mol. The van der Waals surface area contributed by atoms with E-state index in [4.69, 9.17) is 5.14 Å². The van der Waals surface area contributed by atoms with Gasteiger partial charge in [0, 0.05) is 18.2 Å². The van der Waals surface area contributed by atoms with Crippen LogP contribution in [0, 0.1) is 6.92 Å². The van der Waals surface area contributed by atoms with Crippen molar-refractivity contribution in [3.8, 4) is 0 Å². The quantitative estimate of drug-likeness (QED) is 0.927. The number of nitrogens with two attached hydrogens (primary N) is 1. The highest BCUT2D eigenvalue weighted by Crippen LogP contribution is 2.23. The van der Waals surface area contributed by atoms with E-state index in [0.717, 1.165) is 32.2 Å². The van der Waals surface area contributed by atoms with Gasteiger partial charge >= 0.3 is 0 Å². The van der Waals surface area contributed by atoms with Gasteiger partial charge in [-0.2, -0.15) is 0 Å². The van der Waals surface area contributed by atoms with Crippen LogP contribution in [-0.4, -0.2) is 31.8 Å². The number of carbonyl (C=O) groups excluding carboxylic acids is 1. The molecule has 116 valence electrons. The molecule has 2 N–H and O–H groups in total. The number of hydrogen-bond acceptors (Lipinski definition) is 3. The van der Waals surface area contributed by atoms with Crippen molar-refractivity contribution < 1.29 is 13.2 Å². The van der Waals surface area contributed by atoms with Gasteiger partial charge in [-0.1, -0.05) is 6.92 Å². The number of aryl methyl sites for hydroxylation is 1. The first kappa shape index (κ1) is 16.0. The Morgan fingerprint density at radius 1 is 1.38 bits per heavy atom. The maximum absolute atomic E-state index is 12.7. The second-order valence-electron chi connectivity index (χ2n) is 5.58. The summed E-state index contributed by atoms with van der Waals surface area (Å²) in [6.45, 7) is 4.60. The Kier molecular flexibility index (Phi) is 4.68. The van der Waals surface area contributed by atoms with Gasteiger partial charge < -0.3 is 4.90 Å². The van der Waals surface area contributed by atoms with Crippen LogP contribution < -0.4 is 5.14 Å². The van der Waals surface area contributed by atoms with Crippen molar-refractivity contribution in [2.24, 2.45) is 5.14 Å². The first-order chi connectivity index (χ1) is 9.84. The molecule has 0 aliphatic carbocycles. The summed E-state index contributed by atoms with van der Waals surface area (Å²) < 4.78 is 22.7. The van der Waals surface area contributed by atoms with Crippen LogP contribution in [0.4, 0.5) is 0 Å². The second-order valence-corrected chi connectivity index (χ2v) is 7.14. The molecule has 1 aromatic carbocycles. The summed E-state index contributed by atoms with van der Waals surface area (Å²) in [6, 6.07) is 4.72. The summed E-state index contributed by atoms with van der Waals surface area (Å²) in [4.78, 5) is 14.7. The van der Waals surface area contributed by atoms with Crippen molar-refractivity contribution in [2.75, 3.05) is 6.54 Å². The number of amides is 1. The number of nitrogens with zero attached hydrogens (tertiary/aromatic N) is 1. The van der Waals surface area contributed by atoms with E-state index in [9.17, 15) is 13.2 Å². The predicted molar refractivity (Wildman–Crippen MR) is 81.5 cm³/mol. The third-order valence-electron chi connectivity index (χ3n) is 4.12. The van der Waals surface area contributed by atoms with Crippen LogP contribution in [0.15, 0.2) is 23.1 Å². The van der Waals surface area contributed by atoms with E-state index in [1.807, 2.05) is 4.90 Å². The zero-order valence-electron chi connectivity index (χ0n) is 12.5. The van der Waals surface area contributed by atoms with Gasteiger partial charge in [0.2, 0.25) is 10.0 Å². The average Bonchev–Trinajstić information content (AvgIpc) is 2.45. The molecule has 0 spiro atoms. The van der Waals surface area contributed by atoms with Gasteiger partial charge in [0.25, 0.3) is 5.91 Å². The smallest absolute Gasteiger partial charge is 0.254 e. The Balaban J connectivity index is 2.31. The molecule has 0 aromatic heterocycles. The van der Waals surface area contributed by atoms with E-state index in [0.29, 0.717) is 11.1 Å². The molecule has 1 aliphatic heterocycles. The van der Waals surface area contributed by atoms with Gasteiger partial charge in [-0.05, 0) is 56.4 Å². The average molecular weight is 310 g/mol. The fourth-order valence-electron chi connectivity index (χ4n) is 2.90. The highest BCUT2D eigenvalue weighted by Gasteiger charge is 2.27. The predicted octanol–water partition coefficient (Wildman–Crippen LogP) is 2.05. The molecule has 5 nitrogen and oxygen atoms in total. The van der Waals surface area contributed by atoms with Crippen molar-refractivity contribution >= 4 is 15.9 Å². The zero-order chi connectivity index (χ0) is 15.6. The molecule has 1 heterocycles. The van der Waals surface area contributed by atoms with E-state index in [1.165, 1.54) is 12.1 Å². The number of benzene rings is 1. The third kappa shape index (κ3) is 3.44. The van der Waals surface area contributed by atoms with Crippen molar-refractivity contribution in [1.82, 2.24) is 4.90 Å². The van der Waals surface area contributed by atoms with Crippen molar-refractivity contribution in [3.63, 3.8) is 0 Å². The molecule has 1 fully saturated rings. The second kappa shape index (κ2) is 6.15. The number of likely N-dealkylation sites (tertiary alicyclic amines) is 1. The highest BCUT2D eigenvalue weighted by molar-refractivity contribution is 7.89. The Morgan fingerprint density at radius 2 is 2.10 bits per heavy atom. The maximum Gasteiger partial charge on any atom is 0.254 e. The molecule has 1 aliphatic rings. The van der Waals surface area contributed by atoms with E-state index < -0.39 is 10.0 Å². The number of hydrogen-bond donors (Lipinski definition) is 1. The summed E-state index contributed by atoms with van der Waals surface area (Å²) >= 11 is 0. The fraction of sp³-hybridized carbons (Fsp3) is 0.533. The number of rotatable bonds is 3. The lowest BCUT2D eigenvalue weighted by atomic mass is 9.98. The first-order valence-electron chi connectivity index (χ1n) is 7.29. The SMILES string of the molecule is CCC1CCCCN1C(=O)c1ccc(S(N)(=O)=O)cc1C. The summed E-state index contributed by atoms with van der Waals surface area (Å²) in [6.07, 6.45) is 4.17. The van der Waals surface area contributed by atoms with E-state index in [1.54, 1.807) is 13.0 Å². The minimum atomic E-state index is -3.73. The third-order valence-corrected chi connectivity index (χ3v) is 5.03. The molecule has 0 saturated carbocycles. The largest absolute Gasteiger partial charge is 0.336 e. The van der Waals surface area contributed by atoms with Gasteiger partial charge in [-0.15, -0.1) is 0 Å². The van der Waals surface area contributed by atoms with Crippen LogP contribution in [0.3, 0.4) is 0 Å². The van der Waals surface area contributed by atoms with E-state index in [2.05, 4.69) is 6.92 Å². The minimum absolute atomic E-state index is 0.0139. The molecular formula is C15H22N2O3S. The lowest BCUT2D eigenvalue weighted by Gasteiger charge is -2.35. The molecule has 1 saturated heterocycles. The Morgan fingerprint density at radius 3 is 2.67 bits per heavy atom. The Bertz CT molecular complexity index is 640. The molecule has 0 bridgehead atoms. The molecule has 1 aromatic rings. The van der Waals surface area contributed by atoms with Gasteiger partial charge in [-0.25, -0.2) is 13.6 Å². The van der Waals surface area contributed by atoms with Crippen molar-refractivity contribution in [2.45, 2.75) is 50.5 Å². The van der Waals surface area contributed by atoms with Gasteiger partial charge in [0.1, 0.15) is 0 Å². The molecule has 1 atom stereocenters. The molecule has 1 unspecified atom stereocenters. The van der Waals surface area contributed by atoms with E-state index in [-0.39, 0.29) is 16.8 Å². The molecule has 6 heteroatoms. The monoisotopic (exact) mass is 310 g/mol. The fourth-order valence-corrected chi connectivity index (χ4v) is 3.50. The normalized spacial score (nSPS) is 19.6. The lowest BCUT2D eigenvalue weighted by Crippen LogP contribution is -2.43. The molecule has 21 heavy (non-hydrogen) atoms. The van der Waals surface area contributed by atoms with E-state index >= 15 is 0 Å². The van der Waals surface area contributed by atoms with Crippen molar-refractivity contribution in [1.29, 1.82) is 0 Å². The van der Waals surface area contributed by atoms with Gasteiger partial charge in [0.05, 0.1) is 4.90 Å². The summed E-state index contributed by atoms with van der Waals surface area (Å²) in [7, 11) is -3.73. The van der Waals surface area contributed by atoms with Crippen LogP contribution in [0.1, 0.15) is 48.5 Å². The number of carbonyl (C=O) groups is 1. The summed E-state index contributed by atoms with van der Waals surface area (Å²) in [5.74, 6) is -0.0139. The molecule has 2 rings (SSSR count). The highest BCUT2D eigenvalue weighted by atomic mass is 32.2. The number of primary sulfonamides is 1. The van der Waals surface area contributed by atoms with Crippen LogP contribution in [0.2, 0.25) is 0 Å². The number of sulfonamides is 1. The van der Waals surface area contributed by atoms with Crippen molar-refractivity contribution in [3.05, 3.63) is 29.3 Å². The van der Waals surface area contributed by atoms with Gasteiger partial charge in [-0.3, -0.25) is 4.79 Å². The van der Waals surface area contributed by atoms with Gasteiger partial charge in [0.15, 0.2) is 0 Å². The minimum Gasteiger partial charge on any atom is -0.336 e.